The number of hydrogen-bond donors (Lipinski definition) is 17. The molecular weight excluding hydrogens is 1180 g/mol. The summed E-state index contributed by atoms with van der Waals surface area (Å²) in [6.45, 7) is 16.5. The Balaban J connectivity index is 0.0000102. The Bertz CT molecular complexity index is 2300. The maximum atomic E-state index is 11.9. The van der Waals surface area contributed by atoms with Crippen molar-refractivity contribution < 1.29 is 134 Å². The molecule has 0 amide bonds. The minimum atomic E-state index is -1.88. The Kier molecular flexibility index (Phi) is 23.4. The molecule has 0 aromatic rings. The van der Waals surface area contributed by atoms with Gasteiger partial charge >= 0.3 is 0 Å². The van der Waals surface area contributed by atoms with Crippen LogP contribution in [0.3, 0.4) is 0 Å². The first-order valence-electron chi connectivity index (χ1n) is 31.7. The molecule has 3 saturated carbocycles. The number of ether oxygens (including phenoxy) is 10. The molecule has 5 aliphatic heterocycles. The molecule has 0 radical (unpaired) electrons. The molecule has 9 rings (SSSR count). The van der Waals surface area contributed by atoms with E-state index in [1.807, 2.05) is 20.8 Å². The van der Waals surface area contributed by atoms with E-state index in [4.69, 9.17) is 47.4 Å². The van der Waals surface area contributed by atoms with E-state index in [0.717, 1.165) is 38.5 Å². The van der Waals surface area contributed by atoms with E-state index in [-0.39, 0.29) is 35.5 Å². The second-order valence-corrected chi connectivity index (χ2v) is 29.3. The van der Waals surface area contributed by atoms with Crippen LogP contribution in [0, 0.1) is 50.7 Å². The van der Waals surface area contributed by atoms with Crippen LogP contribution in [0.25, 0.3) is 0 Å². The van der Waals surface area contributed by atoms with Crippen LogP contribution in [0.4, 0.5) is 0 Å². The zero-order chi connectivity index (χ0) is 64.7. The van der Waals surface area contributed by atoms with Gasteiger partial charge in [0.2, 0.25) is 0 Å². The highest BCUT2D eigenvalue weighted by Gasteiger charge is 2.68. The first kappa shape index (κ1) is 73.5. The fraction of sp³-hybridized carbons (Fsp3) is 0.968. The molecule has 0 bridgehead atoms. The predicted octanol–water partition coefficient (Wildman–Crippen LogP) is -2.47. The van der Waals surface area contributed by atoms with Crippen LogP contribution in [0.15, 0.2) is 11.6 Å². The number of hydrogen-bond acceptors (Lipinski definition) is 27. The number of rotatable bonds is 19. The average Bonchev–Trinajstić information content (AvgIpc) is 1.66. The van der Waals surface area contributed by atoms with Gasteiger partial charge in [-0.2, -0.15) is 0 Å². The third kappa shape index (κ3) is 13.5. The number of aliphatic hydroxyl groups is 17. The lowest BCUT2D eigenvalue weighted by Crippen LogP contribution is -2.65. The molecular formula is C62H108O27. The molecule has 9 aliphatic rings. The fourth-order valence-electron chi connectivity index (χ4n) is 17.2. The lowest BCUT2D eigenvalue weighted by Gasteiger charge is -2.66. The highest BCUT2D eigenvalue weighted by molar-refractivity contribution is 5.30. The molecule has 8 fully saturated rings. The van der Waals surface area contributed by atoms with E-state index in [1.54, 1.807) is 0 Å². The smallest absolute Gasteiger partial charge is 0.187 e. The molecule has 27 heteroatoms. The van der Waals surface area contributed by atoms with Crippen molar-refractivity contribution in [3.05, 3.63) is 11.6 Å². The second-order valence-electron chi connectivity index (χ2n) is 29.3. The molecule has 0 spiro atoms. The molecule has 518 valence electrons. The first-order valence-corrected chi connectivity index (χ1v) is 31.7. The van der Waals surface area contributed by atoms with Crippen molar-refractivity contribution in [1.29, 1.82) is 0 Å². The Hall–Kier alpha value is -1.34. The monoisotopic (exact) mass is 1280 g/mol. The van der Waals surface area contributed by atoms with E-state index >= 15 is 0 Å². The third-order valence-corrected chi connectivity index (χ3v) is 23.0. The molecule has 17 N–H and O–H groups in total. The van der Waals surface area contributed by atoms with Crippen LogP contribution >= 0.6 is 0 Å². The van der Waals surface area contributed by atoms with Crippen LogP contribution in [0.1, 0.15) is 128 Å². The highest BCUT2D eigenvalue weighted by Crippen LogP contribution is 2.75. The Morgan fingerprint density at radius 1 is 0.494 bits per heavy atom. The van der Waals surface area contributed by atoms with Gasteiger partial charge in [0, 0.05) is 5.41 Å². The van der Waals surface area contributed by atoms with Crippen LogP contribution in [-0.4, -0.2) is 286 Å². The zero-order valence-electron chi connectivity index (χ0n) is 52.1. The summed E-state index contributed by atoms with van der Waals surface area (Å²) >= 11 is 0. The van der Waals surface area contributed by atoms with Crippen molar-refractivity contribution in [2.75, 3.05) is 33.0 Å². The summed E-state index contributed by atoms with van der Waals surface area (Å²) in [5.41, 5.74) is -0.0202. The lowest BCUT2D eigenvalue weighted by molar-refractivity contribution is -0.379. The SMILES string of the molecule is C.C[C@H](CCC(OC1OC(COC2OC(CO)C(O)C(O)C2O)C(O)C(O)C1OC1OC(CO)C(O)C(O)C1O)C(C)(C)C)[C@H]1CC[C@@]2(C)C3CC=C4C(CC[C@H](OC5OC(CO)C(OC6OC(CO)C(O)C(O)C6O)C(O)C5O)C4(C)C)[C@]3(C)CC[C@]12C. The van der Waals surface area contributed by atoms with Gasteiger partial charge < -0.3 is 134 Å². The lowest BCUT2D eigenvalue weighted by atomic mass is 9.39. The van der Waals surface area contributed by atoms with Gasteiger partial charge in [-0.05, 0) is 103 Å². The van der Waals surface area contributed by atoms with E-state index in [9.17, 15) is 86.8 Å². The second kappa shape index (κ2) is 28.4. The largest absolute Gasteiger partial charge is 0.394 e. The van der Waals surface area contributed by atoms with Crippen molar-refractivity contribution in [2.24, 2.45) is 50.7 Å². The molecule has 5 saturated heterocycles. The van der Waals surface area contributed by atoms with Crippen molar-refractivity contribution in [3.8, 4) is 0 Å². The number of fused-ring (bicyclic) bond motifs is 5. The van der Waals surface area contributed by atoms with Gasteiger partial charge in [-0.3, -0.25) is 0 Å². The topological polar surface area (TPSA) is 436 Å². The van der Waals surface area contributed by atoms with Crippen molar-refractivity contribution in [1.82, 2.24) is 0 Å². The van der Waals surface area contributed by atoms with Gasteiger partial charge in [-0.25, -0.2) is 0 Å². The Morgan fingerprint density at radius 3 is 1.49 bits per heavy atom. The van der Waals surface area contributed by atoms with Gasteiger partial charge in [0.25, 0.3) is 0 Å². The summed E-state index contributed by atoms with van der Waals surface area (Å²) in [5.74, 6) is 1.09. The van der Waals surface area contributed by atoms with Gasteiger partial charge in [0.1, 0.15) is 122 Å². The molecule has 28 unspecified atom stereocenters. The summed E-state index contributed by atoms with van der Waals surface area (Å²) in [7, 11) is 0. The molecule has 27 nitrogen and oxygen atoms in total. The van der Waals surface area contributed by atoms with Gasteiger partial charge in [0.05, 0.1) is 45.2 Å². The summed E-state index contributed by atoms with van der Waals surface area (Å²) in [5, 5.41) is 181. The van der Waals surface area contributed by atoms with Gasteiger partial charge in [0.15, 0.2) is 31.5 Å². The summed E-state index contributed by atoms with van der Waals surface area (Å²) < 4.78 is 60.3. The molecule has 4 aliphatic carbocycles. The summed E-state index contributed by atoms with van der Waals surface area (Å²) in [6.07, 6.45) is -31.7. The number of allylic oxidation sites excluding steroid dienone is 1. The van der Waals surface area contributed by atoms with Crippen molar-refractivity contribution in [3.63, 3.8) is 0 Å². The van der Waals surface area contributed by atoms with Crippen LogP contribution < -0.4 is 0 Å². The Morgan fingerprint density at radius 2 is 0.955 bits per heavy atom. The zero-order valence-corrected chi connectivity index (χ0v) is 52.1. The normalized spacial score (nSPS) is 50.8. The standard InChI is InChI=1S/C61H104O27.CH4/c1-25(10-14-35(57(2,3)4)85-56-51(88-55-48(77)43(72)39(68)31(22-64)82-55)44(73)40(69)33(84-56)24-79-52-46(75)41(70)37(66)29(20-62)80-52)26-16-17-61(9)34-13-11-27-28(59(34,7)18-19-60(26,61)8)12-15-36(58(27,5)6)86-53-49(78)45(74)50(32(23-65)83-53)87-54-47(76)42(71)38(67)30(21-63)81-54;/h11,25-26,28-56,62-78H,10,12-24H2,1-9H3;1H4/t25-,26-,28?,29?,30?,31?,32?,33?,34?,35?,36+,37?,38?,39?,40?,41?,42?,43?,44?,45?,46?,47?,48?,49?,50?,51?,52?,53?,54?,55?,56?,59+,60-,61+;/m1./s1. The fourth-order valence-corrected chi connectivity index (χ4v) is 17.2. The van der Waals surface area contributed by atoms with E-state index < -0.39 is 210 Å². The van der Waals surface area contributed by atoms with E-state index in [1.165, 1.54) is 5.57 Å². The molecule has 0 aromatic heterocycles. The van der Waals surface area contributed by atoms with E-state index in [2.05, 4.69) is 47.6 Å². The highest BCUT2D eigenvalue weighted by atomic mass is 16.8. The van der Waals surface area contributed by atoms with Crippen LogP contribution in [0.5, 0.6) is 0 Å². The minimum absolute atomic E-state index is 0. The molecule has 5 heterocycles. The average molecular weight is 1290 g/mol. The van der Waals surface area contributed by atoms with Gasteiger partial charge in [-0.15, -0.1) is 0 Å². The summed E-state index contributed by atoms with van der Waals surface area (Å²) in [4.78, 5) is 0. The number of aliphatic hydroxyl groups excluding tert-OH is 17. The third-order valence-electron chi connectivity index (χ3n) is 23.0. The first-order chi connectivity index (χ1) is 41.2. The van der Waals surface area contributed by atoms with Crippen LogP contribution in [-0.2, 0) is 47.4 Å². The quantitative estimate of drug-likeness (QED) is 0.0596. The van der Waals surface area contributed by atoms with Crippen molar-refractivity contribution >= 4 is 0 Å². The molecule has 0 aromatic carbocycles. The Labute approximate surface area is 521 Å². The minimum Gasteiger partial charge on any atom is -0.394 e. The van der Waals surface area contributed by atoms with Crippen LogP contribution in [0.2, 0.25) is 0 Å². The predicted molar refractivity (Wildman–Crippen MR) is 309 cm³/mol. The molecule has 34 atom stereocenters. The van der Waals surface area contributed by atoms with Gasteiger partial charge in [-0.1, -0.05) is 81.4 Å². The van der Waals surface area contributed by atoms with E-state index in [0.29, 0.717) is 31.1 Å². The summed E-state index contributed by atoms with van der Waals surface area (Å²) in [6, 6.07) is 0. The van der Waals surface area contributed by atoms with Crippen molar-refractivity contribution in [2.45, 2.75) is 293 Å². The maximum absolute atomic E-state index is 11.9. The maximum Gasteiger partial charge on any atom is 0.187 e. The molecule has 89 heavy (non-hydrogen) atoms.